The number of rotatable bonds is 7. The number of ether oxygens (including phenoxy) is 2. The van der Waals surface area contributed by atoms with Gasteiger partial charge >= 0.3 is 6.01 Å². The third-order valence-electron chi connectivity index (χ3n) is 9.82. The Morgan fingerprint density at radius 3 is 2.82 bits per heavy atom. The molecule has 0 bridgehead atoms. The molecule has 0 radical (unpaired) electrons. The zero-order valence-electron chi connectivity index (χ0n) is 25.8. The lowest BCUT2D eigenvalue weighted by Gasteiger charge is -2.38. The first kappa shape index (κ1) is 30.2. The summed E-state index contributed by atoms with van der Waals surface area (Å²) in [4.78, 5) is 23.9. The van der Waals surface area contributed by atoms with Crippen LogP contribution in [-0.2, 0) is 16.6 Å². The zero-order chi connectivity index (χ0) is 31.6. The molecule has 3 saturated heterocycles. The SMILES string of the molecule is CC(C)(O)[C@@H]1CN(c2nc(OC[C@@]34CCCN3C[C@H](F)C4)nc(-c3noc([C@@]4(C)CCCc5sc(N)c(C#N)c54)n3)n2)CCO1. The van der Waals surface area contributed by atoms with E-state index in [1.54, 1.807) is 13.8 Å². The fraction of sp³-hybridized carbons (Fsp3) is 0.667. The van der Waals surface area contributed by atoms with Crippen LogP contribution >= 0.6 is 11.3 Å². The van der Waals surface area contributed by atoms with Gasteiger partial charge in [0.05, 0.1) is 28.7 Å². The van der Waals surface area contributed by atoms with Gasteiger partial charge in [0.1, 0.15) is 30.0 Å². The van der Waals surface area contributed by atoms with Crippen LogP contribution in [0.25, 0.3) is 11.6 Å². The van der Waals surface area contributed by atoms with Gasteiger partial charge in [0.2, 0.25) is 23.5 Å². The van der Waals surface area contributed by atoms with Crippen LogP contribution < -0.4 is 15.4 Å². The number of hydrogen-bond donors (Lipinski definition) is 2. The summed E-state index contributed by atoms with van der Waals surface area (Å²) in [6, 6.07) is 2.36. The Morgan fingerprint density at radius 2 is 2.02 bits per heavy atom. The van der Waals surface area contributed by atoms with E-state index in [9.17, 15) is 14.8 Å². The van der Waals surface area contributed by atoms with Gasteiger partial charge in [-0.15, -0.1) is 11.3 Å². The number of morpholine rings is 1. The average Bonchev–Trinajstić information content (AvgIpc) is 3.78. The van der Waals surface area contributed by atoms with Crippen LogP contribution in [0.5, 0.6) is 6.01 Å². The molecule has 240 valence electrons. The minimum Gasteiger partial charge on any atom is -0.461 e. The van der Waals surface area contributed by atoms with Gasteiger partial charge in [-0.25, -0.2) is 4.39 Å². The second-order valence-corrected chi connectivity index (χ2v) is 14.6. The Morgan fingerprint density at radius 1 is 1.18 bits per heavy atom. The molecule has 3 N–H and O–H groups in total. The summed E-state index contributed by atoms with van der Waals surface area (Å²) in [6.07, 6.45) is 3.35. The summed E-state index contributed by atoms with van der Waals surface area (Å²) in [6.45, 7) is 8.14. The quantitative estimate of drug-likeness (QED) is 0.387. The van der Waals surface area contributed by atoms with Crippen LogP contribution in [-0.4, -0.2) is 97.9 Å². The third-order valence-corrected chi connectivity index (χ3v) is 10.9. The number of aromatic nitrogens is 5. The molecule has 45 heavy (non-hydrogen) atoms. The largest absolute Gasteiger partial charge is 0.461 e. The maximum atomic E-state index is 14.4. The van der Waals surface area contributed by atoms with E-state index in [4.69, 9.17) is 29.7 Å². The Kier molecular flexibility index (Phi) is 7.46. The van der Waals surface area contributed by atoms with Crippen LogP contribution in [0, 0.1) is 11.3 Å². The smallest absolute Gasteiger partial charge is 0.321 e. The molecule has 15 heteroatoms. The number of aliphatic hydroxyl groups is 1. The van der Waals surface area contributed by atoms with E-state index < -0.39 is 23.3 Å². The number of nitrogen functional groups attached to an aromatic ring is 1. The molecule has 3 aromatic heterocycles. The second kappa shape index (κ2) is 11.1. The van der Waals surface area contributed by atoms with Gasteiger partial charge in [0.15, 0.2) is 0 Å². The number of alkyl halides is 1. The minimum absolute atomic E-state index is 0.0831. The van der Waals surface area contributed by atoms with Crippen molar-refractivity contribution in [3.8, 4) is 23.7 Å². The molecule has 0 amide bonds. The first-order valence-corrected chi connectivity index (χ1v) is 16.3. The molecule has 0 saturated carbocycles. The molecule has 0 spiro atoms. The number of hydrogen-bond acceptors (Lipinski definition) is 14. The number of fused-ring (bicyclic) bond motifs is 2. The molecule has 0 aromatic carbocycles. The predicted octanol–water partition coefficient (Wildman–Crippen LogP) is 3.01. The lowest BCUT2D eigenvalue weighted by molar-refractivity contribution is -0.0930. The van der Waals surface area contributed by atoms with Crippen LogP contribution in [0.4, 0.5) is 15.3 Å². The van der Waals surface area contributed by atoms with Crippen molar-refractivity contribution < 1.29 is 23.5 Å². The van der Waals surface area contributed by atoms with Gasteiger partial charge < -0.3 is 29.7 Å². The monoisotopic (exact) mass is 639 g/mol. The lowest BCUT2D eigenvalue weighted by Crippen LogP contribution is -2.52. The van der Waals surface area contributed by atoms with E-state index in [0.717, 1.165) is 42.7 Å². The summed E-state index contributed by atoms with van der Waals surface area (Å²) >= 11 is 1.44. The molecule has 3 aromatic rings. The number of nitrogens with two attached hydrogens (primary N) is 1. The fourth-order valence-corrected chi connectivity index (χ4v) is 8.60. The highest BCUT2D eigenvalue weighted by Gasteiger charge is 2.49. The molecular formula is C30H38FN9O4S. The third kappa shape index (κ3) is 5.31. The zero-order valence-corrected chi connectivity index (χ0v) is 26.6. The molecule has 7 rings (SSSR count). The first-order valence-electron chi connectivity index (χ1n) is 15.5. The number of nitriles is 1. The summed E-state index contributed by atoms with van der Waals surface area (Å²) < 4.78 is 32.4. The lowest BCUT2D eigenvalue weighted by atomic mass is 9.72. The molecule has 4 atom stereocenters. The topological polar surface area (TPSA) is 173 Å². The molecular weight excluding hydrogens is 601 g/mol. The summed E-state index contributed by atoms with van der Waals surface area (Å²) in [5.74, 6) is 1.01. The highest BCUT2D eigenvalue weighted by atomic mass is 32.1. The van der Waals surface area contributed by atoms with Crippen molar-refractivity contribution in [2.75, 3.05) is 50.0 Å². The van der Waals surface area contributed by atoms with Gasteiger partial charge in [-0.2, -0.15) is 25.2 Å². The number of thiophene rings is 1. The molecule has 6 heterocycles. The van der Waals surface area contributed by atoms with Gasteiger partial charge in [0, 0.05) is 36.5 Å². The Bertz CT molecular complexity index is 1640. The number of aryl methyl sites for hydroxylation is 1. The van der Waals surface area contributed by atoms with Gasteiger partial charge in [-0.05, 0) is 59.4 Å². The van der Waals surface area contributed by atoms with Crippen molar-refractivity contribution >= 4 is 22.3 Å². The van der Waals surface area contributed by atoms with Crippen LogP contribution in [0.1, 0.15) is 74.8 Å². The molecule has 1 aliphatic carbocycles. The second-order valence-electron chi connectivity index (χ2n) is 13.4. The van der Waals surface area contributed by atoms with Crippen LogP contribution in [0.2, 0.25) is 0 Å². The predicted molar refractivity (Wildman–Crippen MR) is 163 cm³/mol. The van der Waals surface area contributed by atoms with Gasteiger partial charge in [0.25, 0.3) is 0 Å². The first-order chi connectivity index (χ1) is 21.5. The van der Waals surface area contributed by atoms with E-state index in [2.05, 4.69) is 26.1 Å². The normalized spacial score (nSPS) is 28.6. The fourth-order valence-electron chi connectivity index (χ4n) is 7.41. The van der Waals surface area contributed by atoms with Crippen molar-refractivity contribution in [3.05, 3.63) is 21.9 Å². The molecule has 4 aliphatic rings. The van der Waals surface area contributed by atoms with E-state index >= 15 is 0 Å². The van der Waals surface area contributed by atoms with Crippen molar-refractivity contribution in [1.29, 1.82) is 5.26 Å². The maximum Gasteiger partial charge on any atom is 0.321 e. The molecule has 3 aliphatic heterocycles. The van der Waals surface area contributed by atoms with Crippen LogP contribution in [0.3, 0.4) is 0 Å². The number of nitrogens with zero attached hydrogens (tertiary/aromatic N) is 8. The maximum absolute atomic E-state index is 14.4. The number of halogens is 1. The van der Waals surface area contributed by atoms with Crippen molar-refractivity contribution in [1.82, 2.24) is 30.0 Å². The van der Waals surface area contributed by atoms with Crippen molar-refractivity contribution in [2.24, 2.45) is 0 Å². The average molecular weight is 640 g/mol. The number of anilines is 2. The Labute approximate surface area is 264 Å². The van der Waals surface area contributed by atoms with Crippen molar-refractivity contribution in [2.45, 2.75) is 88.1 Å². The Balaban J connectivity index is 1.24. The molecule has 0 unspecified atom stereocenters. The van der Waals surface area contributed by atoms with E-state index in [0.29, 0.717) is 61.5 Å². The molecule has 3 fully saturated rings. The van der Waals surface area contributed by atoms with E-state index in [1.807, 2.05) is 11.8 Å². The van der Waals surface area contributed by atoms with Crippen molar-refractivity contribution in [3.63, 3.8) is 0 Å². The molecule has 13 nitrogen and oxygen atoms in total. The highest BCUT2D eigenvalue weighted by molar-refractivity contribution is 7.16. The van der Waals surface area contributed by atoms with E-state index in [-0.39, 0.29) is 29.8 Å². The Hall–Kier alpha value is -3.45. The van der Waals surface area contributed by atoms with E-state index in [1.165, 1.54) is 11.3 Å². The van der Waals surface area contributed by atoms with Gasteiger partial charge in [-0.1, -0.05) is 5.16 Å². The summed E-state index contributed by atoms with van der Waals surface area (Å²) in [5, 5.41) is 25.3. The standard InChI is InChI=1S/C30H38FN9O4S/c1-28(2,41)20-15-39(10-11-42-20)26-35-23(36-27(37-26)43-16-30-8-5-9-40(30)14-17(31)12-30)24-34-25(44-38-24)29(3)7-4-6-19-21(29)18(13-32)22(33)45-19/h17,20,41H,4-12,14-16,33H2,1-3H3/t17-,20+,29+,30+/m1/s1. The minimum atomic E-state index is -1.07. The summed E-state index contributed by atoms with van der Waals surface area (Å²) in [5.41, 5.74) is 5.37. The highest BCUT2D eigenvalue weighted by Crippen LogP contribution is 2.48. The van der Waals surface area contributed by atoms with Gasteiger partial charge in [-0.3, -0.25) is 4.90 Å². The summed E-state index contributed by atoms with van der Waals surface area (Å²) in [7, 11) is 0. The van der Waals surface area contributed by atoms with Crippen LogP contribution in [0.15, 0.2) is 4.52 Å².